The van der Waals surface area contributed by atoms with Crippen LogP contribution < -0.4 is 10.5 Å². The van der Waals surface area contributed by atoms with Crippen molar-refractivity contribution < 1.29 is 14.3 Å². The summed E-state index contributed by atoms with van der Waals surface area (Å²) >= 11 is 0. The van der Waals surface area contributed by atoms with E-state index in [-0.39, 0.29) is 23.9 Å². The fraction of sp³-hybridized carbons (Fsp3) is 0.462. The molecule has 0 radical (unpaired) electrons. The van der Waals surface area contributed by atoms with Crippen LogP contribution >= 0.6 is 12.4 Å². The zero-order chi connectivity index (χ0) is 12.5. The van der Waals surface area contributed by atoms with E-state index in [1.807, 2.05) is 19.1 Å². The molecular formula is C13H18ClNO3. The zero-order valence-electron chi connectivity index (χ0n) is 10.6. The van der Waals surface area contributed by atoms with Gasteiger partial charge in [0.2, 0.25) is 0 Å². The van der Waals surface area contributed by atoms with Crippen molar-refractivity contribution in [3.05, 3.63) is 29.3 Å². The Morgan fingerprint density at radius 2 is 2.11 bits per heavy atom. The van der Waals surface area contributed by atoms with Gasteiger partial charge in [-0.3, -0.25) is 0 Å². The minimum atomic E-state index is -0.384. The highest BCUT2D eigenvalue weighted by Gasteiger charge is 2.39. The van der Waals surface area contributed by atoms with Gasteiger partial charge in [-0.2, -0.15) is 0 Å². The minimum absolute atomic E-state index is 0. The van der Waals surface area contributed by atoms with Crippen molar-refractivity contribution in [2.24, 2.45) is 5.73 Å². The number of nitrogens with two attached hydrogens (primary N) is 1. The molecule has 100 valence electrons. The van der Waals surface area contributed by atoms with Gasteiger partial charge in [0.05, 0.1) is 12.6 Å². The first-order valence-corrected chi connectivity index (χ1v) is 5.65. The van der Waals surface area contributed by atoms with Crippen molar-refractivity contribution in [3.8, 4) is 5.75 Å². The number of carbonyl (C=O) groups excluding carboxylic acids is 1. The second-order valence-corrected chi connectivity index (χ2v) is 4.59. The molecule has 1 saturated carbocycles. The molecule has 1 aliphatic carbocycles. The third-order valence-electron chi connectivity index (χ3n) is 3.01. The average molecular weight is 272 g/mol. The topological polar surface area (TPSA) is 61.5 Å². The van der Waals surface area contributed by atoms with Crippen LogP contribution in [0, 0.1) is 6.92 Å². The number of esters is 1. The molecule has 0 atom stereocenters. The van der Waals surface area contributed by atoms with Crippen LogP contribution in [0.2, 0.25) is 0 Å². The van der Waals surface area contributed by atoms with Gasteiger partial charge in [-0.25, -0.2) is 4.79 Å². The molecule has 1 fully saturated rings. The van der Waals surface area contributed by atoms with E-state index in [0.717, 1.165) is 18.4 Å². The van der Waals surface area contributed by atoms with Crippen molar-refractivity contribution in [2.45, 2.75) is 25.3 Å². The molecule has 0 saturated heterocycles. The summed E-state index contributed by atoms with van der Waals surface area (Å²) in [5, 5.41) is 0. The summed E-state index contributed by atoms with van der Waals surface area (Å²) in [5.74, 6) is 0.196. The lowest BCUT2D eigenvalue weighted by Crippen LogP contribution is -2.30. The van der Waals surface area contributed by atoms with Crippen LogP contribution in [0.5, 0.6) is 5.75 Å². The Labute approximate surface area is 113 Å². The zero-order valence-corrected chi connectivity index (χ0v) is 11.4. The first-order chi connectivity index (χ1) is 8.06. The molecule has 2 rings (SSSR count). The van der Waals surface area contributed by atoms with Gasteiger partial charge in [0.1, 0.15) is 17.9 Å². The second-order valence-electron chi connectivity index (χ2n) is 4.59. The maximum absolute atomic E-state index is 11.6. The van der Waals surface area contributed by atoms with E-state index in [4.69, 9.17) is 15.2 Å². The Balaban J connectivity index is 0.00000162. The third kappa shape index (κ3) is 3.15. The largest absolute Gasteiger partial charge is 0.490 e. The quantitative estimate of drug-likeness (QED) is 0.852. The third-order valence-corrected chi connectivity index (χ3v) is 3.01. The number of ether oxygens (including phenoxy) is 2. The SMILES string of the molecule is COC(=O)c1cccc(C)c1OCC1(N)CC1.Cl. The van der Waals surface area contributed by atoms with Crippen LogP contribution in [0.15, 0.2) is 18.2 Å². The van der Waals surface area contributed by atoms with Crippen molar-refractivity contribution in [3.63, 3.8) is 0 Å². The monoisotopic (exact) mass is 271 g/mol. The molecule has 5 heteroatoms. The first-order valence-electron chi connectivity index (χ1n) is 5.65. The van der Waals surface area contributed by atoms with Gasteiger partial charge in [0.15, 0.2) is 0 Å². The highest BCUT2D eigenvalue weighted by atomic mass is 35.5. The average Bonchev–Trinajstić information content (AvgIpc) is 3.05. The van der Waals surface area contributed by atoms with Gasteiger partial charge >= 0.3 is 5.97 Å². The maximum Gasteiger partial charge on any atom is 0.341 e. The number of aryl methyl sites for hydroxylation is 1. The number of methoxy groups -OCH3 is 1. The van der Waals surface area contributed by atoms with Crippen LogP contribution in [-0.4, -0.2) is 25.2 Å². The summed E-state index contributed by atoms with van der Waals surface area (Å²) in [7, 11) is 1.36. The predicted octanol–water partition coefficient (Wildman–Crippen LogP) is 2.07. The number of benzene rings is 1. The first kappa shape index (κ1) is 14.8. The maximum atomic E-state index is 11.6. The highest BCUT2D eigenvalue weighted by Crippen LogP contribution is 2.34. The van der Waals surface area contributed by atoms with E-state index >= 15 is 0 Å². The molecule has 0 aliphatic heterocycles. The molecule has 18 heavy (non-hydrogen) atoms. The van der Waals surface area contributed by atoms with Crippen molar-refractivity contribution >= 4 is 18.4 Å². The lowest BCUT2D eigenvalue weighted by Gasteiger charge is -2.15. The molecule has 0 aromatic heterocycles. The minimum Gasteiger partial charge on any atom is -0.490 e. The van der Waals surface area contributed by atoms with E-state index in [0.29, 0.717) is 17.9 Å². The molecule has 0 spiro atoms. The predicted molar refractivity (Wildman–Crippen MR) is 71.4 cm³/mol. The number of rotatable bonds is 4. The number of hydrogen-bond acceptors (Lipinski definition) is 4. The van der Waals surface area contributed by atoms with Gasteiger partial charge in [0, 0.05) is 0 Å². The Morgan fingerprint density at radius 1 is 1.44 bits per heavy atom. The van der Waals surface area contributed by atoms with Gasteiger partial charge < -0.3 is 15.2 Å². The lowest BCUT2D eigenvalue weighted by molar-refractivity contribution is 0.0595. The molecular weight excluding hydrogens is 254 g/mol. The number of carbonyl (C=O) groups is 1. The molecule has 1 aliphatic rings. The van der Waals surface area contributed by atoms with Crippen molar-refractivity contribution in [1.29, 1.82) is 0 Å². The van der Waals surface area contributed by atoms with Crippen molar-refractivity contribution in [2.75, 3.05) is 13.7 Å². The highest BCUT2D eigenvalue weighted by molar-refractivity contribution is 5.92. The molecule has 1 aromatic rings. The number of halogens is 1. The smallest absolute Gasteiger partial charge is 0.341 e. The van der Waals surface area contributed by atoms with Crippen molar-refractivity contribution in [1.82, 2.24) is 0 Å². The van der Waals surface area contributed by atoms with E-state index in [2.05, 4.69) is 0 Å². The summed E-state index contributed by atoms with van der Waals surface area (Å²) in [5.41, 5.74) is 7.13. The van der Waals surface area contributed by atoms with Gasteiger partial charge in [0.25, 0.3) is 0 Å². The fourth-order valence-corrected chi connectivity index (χ4v) is 1.64. The summed E-state index contributed by atoms with van der Waals surface area (Å²) in [6.45, 7) is 2.35. The Morgan fingerprint density at radius 3 is 2.67 bits per heavy atom. The Kier molecular flexibility index (Phi) is 4.59. The van der Waals surface area contributed by atoms with Crippen LogP contribution in [0.25, 0.3) is 0 Å². The van der Waals surface area contributed by atoms with Crippen LogP contribution in [0.1, 0.15) is 28.8 Å². The Bertz CT molecular complexity index is 444. The van der Waals surface area contributed by atoms with Gasteiger partial charge in [-0.1, -0.05) is 12.1 Å². The molecule has 1 aromatic carbocycles. The fourth-order valence-electron chi connectivity index (χ4n) is 1.64. The van der Waals surface area contributed by atoms with E-state index < -0.39 is 0 Å². The summed E-state index contributed by atoms with van der Waals surface area (Å²) in [6, 6.07) is 5.41. The van der Waals surface area contributed by atoms with Crippen LogP contribution in [-0.2, 0) is 4.74 Å². The van der Waals surface area contributed by atoms with E-state index in [1.54, 1.807) is 6.07 Å². The van der Waals surface area contributed by atoms with E-state index in [1.165, 1.54) is 7.11 Å². The molecule has 0 amide bonds. The van der Waals surface area contributed by atoms with E-state index in [9.17, 15) is 4.79 Å². The summed E-state index contributed by atoms with van der Waals surface area (Å²) < 4.78 is 10.4. The second kappa shape index (κ2) is 5.59. The van der Waals surface area contributed by atoms with Crippen LogP contribution in [0.3, 0.4) is 0 Å². The normalized spacial score (nSPS) is 15.5. The van der Waals surface area contributed by atoms with Gasteiger partial charge in [-0.15, -0.1) is 12.4 Å². The van der Waals surface area contributed by atoms with Crippen LogP contribution in [0.4, 0.5) is 0 Å². The Hall–Kier alpha value is -1.26. The lowest BCUT2D eigenvalue weighted by atomic mass is 10.1. The molecule has 0 heterocycles. The molecule has 0 unspecified atom stereocenters. The summed E-state index contributed by atoms with van der Waals surface area (Å²) in [4.78, 5) is 11.6. The summed E-state index contributed by atoms with van der Waals surface area (Å²) in [6.07, 6.45) is 1.96. The van der Waals surface area contributed by atoms with Gasteiger partial charge in [-0.05, 0) is 31.4 Å². The molecule has 0 bridgehead atoms. The number of hydrogen-bond donors (Lipinski definition) is 1. The standard InChI is InChI=1S/C13H17NO3.ClH/c1-9-4-3-5-10(12(15)16-2)11(9)17-8-13(14)6-7-13;/h3-5H,6-8,14H2,1-2H3;1H. The molecule has 4 nitrogen and oxygen atoms in total. The number of para-hydroxylation sites is 1. The molecule has 2 N–H and O–H groups in total.